The van der Waals surface area contributed by atoms with Gasteiger partial charge in [0.2, 0.25) is 0 Å². The molecule has 1 unspecified atom stereocenters. The van der Waals surface area contributed by atoms with Crippen molar-refractivity contribution in [3.05, 3.63) is 35.4 Å². The SMILES string of the molecule is CCOC(=O)C(Cc1ccc(C#N)cc1)C(=O)O. The predicted octanol–water partition coefficient (Wildman–Crippen LogP) is 1.36. The van der Waals surface area contributed by atoms with Gasteiger partial charge in [-0.2, -0.15) is 5.26 Å². The molecular weight excluding hydrogens is 234 g/mol. The molecule has 0 aliphatic rings. The molecule has 1 aromatic carbocycles. The van der Waals surface area contributed by atoms with Crippen molar-refractivity contribution >= 4 is 11.9 Å². The number of aliphatic carboxylic acids is 1. The Morgan fingerprint density at radius 2 is 2.00 bits per heavy atom. The summed E-state index contributed by atoms with van der Waals surface area (Å²) in [5, 5.41) is 17.6. The topological polar surface area (TPSA) is 87.4 Å². The van der Waals surface area contributed by atoms with Crippen LogP contribution in [0, 0.1) is 17.2 Å². The lowest BCUT2D eigenvalue weighted by molar-refractivity contribution is -0.158. The Bertz CT molecular complexity index is 473. The van der Waals surface area contributed by atoms with Crippen LogP contribution in [0.2, 0.25) is 0 Å². The summed E-state index contributed by atoms with van der Waals surface area (Å²) in [7, 11) is 0. The summed E-state index contributed by atoms with van der Waals surface area (Å²) in [6.07, 6.45) is 0.0554. The van der Waals surface area contributed by atoms with Gasteiger partial charge in [-0.1, -0.05) is 12.1 Å². The standard InChI is InChI=1S/C13H13NO4/c1-2-18-13(17)11(12(15)16)7-9-3-5-10(8-14)6-4-9/h3-6,11H,2,7H2,1H3,(H,15,16). The second-order valence-corrected chi connectivity index (χ2v) is 3.66. The molecule has 0 heterocycles. The monoisotopic (exact) mass is 247 g/mol. The van der Waals surface area contributed by atoms with Gasteiger partial charge in [-0.15, -0.1) is 0 Å². The Labute approximate surface area is 105 Å². The maximum absolute atomic E-state index is 11.5. The Morgan fingerprint density at radius 3 is 2.44 bits per heavy atom. The van der Waals surface area contributed by atoms with Gasteiger partial charge in [-0.3, -0.25) is 9.59 Å². The number of esters is 1. The van der Waals surface area contributed by atoms with Crippen molar-refractivity contribution in [1.82, 2.24) is 0 Å². The van der Waals surface area contributed by atoms with E-state index >= 15 is 0 Å². The van der Waals surface area contributed by atoms with Crippen LogP contribution in [-0.2, 0) is 20.7 Å². The summed E-state index contributed by atoms with van der Waals surface area (Å²) in [4.78, 5) is 22.4. The van der Waals surface area contributed by atoms with E-state index in [1.54, 1.807) is 31.2 Å². The molecular formula is C13H13NO4. The molecule has 1 atom stereocenters. The van der Waals surface area contributed by atoms with Gasteiger partial charge in [0.1, 0.15) is 0 Å². The summed E-state index contributed by atoms with van der Waals surface area (Å²) >= 11 is 0. The quantitative estimate of drug-likeness (QED) is 0.627. The van der Waals surface area contributed by atoms with Gasteiger partial charge in [0.05, 0.1) is 18.2 Å². The van der Waals surface area contributed by atoms with Gasteiger partial charge in [-0.25, -0.2) is 0 Å². The summed E-state index contributed by atoms with van der Waals surface area (Å²) in [5.74, 6) is -3.16. The first-order chi connectivity index (χ1) is 8.58. The number of carbonyl (C=O) groups is 2. The first kappa shape index (κ1) is 13.7. The Hall–Kier alpha value is -2.35. The number of carbonyl (C=O) groups excluding carboxylic acids is 1. The number of ether oxygens (including phenoxy) is 1. The van der Waals surface area contributed by atoms with Gasteiger partial charge in [0, 0.05) is 0 Å². The molecule has 0 spiro atoms. The third kappa shape index (κ3) is 3.59. The zero-order valence-electron chi connectivity index (χ0n) is 9.92. The molecule has 0 saturated heterocycles. The van der Waals surface area contributed by atoms with Gasteiger partial charge in [-0.05, 0) is 31.0 Å². The predicted molar refractivity (Wildman–Crippen MR) is 62.6 cm³/mol. The van der Waals surface area contributed by atoms with Crippen molar-refractivity contribution in [2.45, 2.75) is 13.3 Å². The fourth-order valence-electron chi connectivity index (χ4n) is 1.47. The van der Waals surface area contributed by atoms with E-state index in [1.165, 1.54) is 0 Å². The highest BCUT2D eigenvalue weighted by Crippen LogP contribution is 2.12. The number of carboxylic acid groups (broad SMARTS) is 1. The molecule has 5 heteroatoms. The van der Waals surface area contributed by atoms with Crippen LogP contribution in [0.1, 0.15) is 18.1 Å². The van der Waals surface area contributed by atoms with Crippen LogP contribution in [0.25, 0.3) is 0 Å². The Kier molecular flexibility index (Phi) is 4.88. The molecule has 1 N–H and O–H groups in total. The highest BCUT2D eigenvalue weighted by molar-refractivity contribution is 5.94. The second-order valence-electron chi connectivity index (χ2n) is 3.66. The van der Waals surface area contributed by atoms with Crippen molar-refractivity contribution in [1.29, 1.82) is 5.26 Å². The molecule has 94 valence electrons. The molecule has 1 aromatic rings. The zero-order valence-corrected chi connectivity index (χ0v) is 9.92. The van der Waals surface area contributed by atoms with Gasteiger partial charge in [0.25, 0.3) is 0 Å². The number of hydrogen-bond acceptors (Lipinski definition) is 4. The minimum absolute atomic E-state index is 0.0554. The van der Waals surface area contributed by atoms with E-state index in [0.717, 1.165) is 0 Å². The lowest BCUT2D eigenvalue weighted by Gasteiger charge is -2.11. The maximum Gasteiger partial charge on any atom is 0.320 e. The first-order valence-electron chi connectivity index (χ1n) is 5.47. The van der Waals surface area contributed by atoms with E-state index in [-0.39, 0.29) is 13.0 Å². The zero-order chi connectivity index (χ0) is 13.5. The van der Waals surface area contributed by atoms with Crippen molar-refractivity contribution in [3.63, 3.8) is 0 Å². The van der Waals surface area contributed by atoms with Gasteiger partial charge in [0.15, 0.2) is 5.92 Å². The molecule has 0 aliphatic carbocycles. The van der Waals surface area contributed by atoms with E-state index < -0.39 is 17.9 Å². The minimum atomic E-state index is -1.21. The fraction of sp³-hybridized carbons (Fsp3) is 0.308. The lowest BCUT2D eigenvalue weighted by Crippen LogP contribution is -2.27. The van der Waals surface area contributed by atoms with Crippen LogP contribution in [0.3, 0.4) is 0 Å². The molecule has 0 radical (unpaired) electrons. The van der Waals surface area contributed by atoms with Gasteiger partial charge < -0.3 is 9.84 Å². The number of rotatable bonds is 5. The summed E-state index contributed by atoms with van der Waals surface area (Å²) < 4.78 is 4.71. The normalized spacial score (nSPS) is 11.3. The molecule has 0 fully saturated rings. The van der Waals surface area contributed by atoms with Crippen LogP contribution >= 0.6 is 0 Å². The average molecular weight is 247 g/mol. The number of carboxylic acids is 1. The van der Waals surface area contributed by atoms with Crippen LogP contribution in [0.5, 0.6) is 0 Å². The molecule has 0 aromatic heterocycles. The van der Waals surface area contributed by atoms with Crippen molar-refractivity contribution in [2.24, 2.45) is 5.92 Å². The largest absolute Gasteiger partial charge is 0.481 e. The van der Waals surface area contributed by atoms with Crippen LogP contribution < -0.4 is 0 Å². The molecule has 0 amide bonds. The minimum Gasteiger partial charge on any atom is -0.481 e. The summed E-state index contributed by atoms with van der Waals surface area (Å²) in [6.45, 7) is 1.77. The van der Waals surface area contributed by atoms with E-state index in [0.29, 0.717) is 11.1 Å². The lowest BCUT2D eigenvalue weighted by atomic mass is 9.99. The maximum atomic E-state index is 11.5. The number of nitrogens with zero attached hydrogens (tertiary/aromatic N) is 1. The third-order valence-corrected chi connectivity index (χ3v) is 2.39. The summed E-state index contributed by atoms with van der Waals surface area (Å²) in [6, 6.07) is 8.40. The first-order valence-corrected chi connectivity index (χ1v) is 5.47. The fourth-order valence-corrected chi connectivity index (χ4v) is 1.47. The molecule has 5 nitrogen and oxygen atoms in total. The Balaban J connectivity index is 2.80. The van der Waals surface area contributed by atoms with Crippen LogP contribution in [-0.4, -0.2) is 23.7 Å². The van der Waals surface area contributed by atoms with E-state index in [9.17, 15) is 9.59 Å². The molecule has 0 bridgehead atoms. The molecule has 0 saturated carbocycles. The highest BCUT2D eigenvalue weighted by atomic mass is 16.5. The van der Waals surface area contributed by atoms with Crippen LogP contribution in [0.4, 0.5) is 0 Å². The average Bonchev–Trinajstić information content (AvgIpc) is 2.36. The van der Waals surface area contributed by atoms with E-state index in [1.807, 2.05) is 6.07 Å². The van der Waals surface area contributed by atoms with Gasteiger partial charge >= 0.3 is 11.9 Å². The van der Waals surface area contributed by atoms with Crippen LogP contribution in [0.15, 0.2) is 24.3 Å². The van der Waals surface area contributed by atoms with Crippen molar-refractivity contribution in [2.75, 3.05) is 6.61 Å². The second kappa shape index (κ2) is 6.40. The third-order valence-electron chi connectivity index (χ3n) is 2.39. The number of nitriles is 1. The van der Waals surface area contributed by atoms with E-state index in [4.69, 9.17) is 15.1 Å². The molecule has 0 aliphatic heterocycles. The molecule has 1 rings (SSSR count). The smallest absolute Gasteiger partial charge is 0.320 e. The van der Waals surface area contributed by atoms with Crippen molar-refractivity contribution in [3.8, 4) is 6.07 Å². The highest BCUT2D eigenvalue weighted by Gasteiger charge is 2.27. The van der Waals surface area contributed by atoms with E-state index in [2.05, 4.69) is 0 Å². The molecule has 18 heavy (non-hydrogen) atoms. The van der Waals surface area contributed by atoms with Crippen molar-refractivity contribution < 1.29 is 19.4 Å². The number of benzene rings is 1. The number of hydrogen-bond donors (Lipinski definition) is 1. The Morgan fingerprint density at radius 1 is 1.39 bits per heavy atom. The summed E-state index contributed by atoms with van der Waals surface area (Å²) in [5.41, 5.74) is 1.16.